The number of nitrogens with one attached hydrogen (secondary N) is 2. The first kappa shape index (κ1) is 20.3. The van der Waals surface area contributed by atoms with Crippen LogP contribution >= 0.6 is 0 Å². The van der Waals surface area contributed by atoms with E-state index < -0.39 is 16.0 Å². The average Bonchev–Trinajstić information content (AvgIpc) is 3.25. The molecule has 3 rings (SSSR count). The highest BCUT2D eigenvalue weighted by molar-refractivity contribution is 7.89. The van der Waals surface area contributed by atoms with Gasteiger partial charge < -0.3 is 14.3 Å². The molecule has 29 heavy (non-hydrogen) atoms. The zero-order valence-electron chi connectivity index (χ0n) is 15.5. The number of hydrazone groups is 1. The highest BCUT2D eigenvalue weighted by Crippen LogP contribution is 2.14. The first-order valence-electron chi connectivity index (χ1n) is 8.59. The van der Waals surface area contributed by atoms with Crippen LogP contribution in [0.5, 0.6) is 0 Å². The number of carbonyl (C=O) groups is 1. The molecule has 9 heteroatoms. The van der Waals surface area contributed by atoms with E-state index in [2.05, 4.69) is 15.2 Å². The molecule has 0 atom stereocenters. The van der Waals surface area contributed by atoms with E-state index in [1.54, 1.807) is 43.3 Å². The summed E-state index contributed by atoms with van der Waals surface area (Å²) >= 11 is 0. The number of furan rings is 1. The maximum Gasteiger partial charge on any atom is 0.240 e. The Morgan fingerprint density at radius 2 is 1.83 bits per heavy atom. The van der Waals surface area contributed by atoms with Gasteiger partial charge in [0.1, 0.15) is 5.76 Å². The van der Waals surface area contributed by atoms with Crippen LogP contribution < -0.4 is 15.3 Å². The van der Waals surface area contributed by atoms with Gasteiger partial charge in [0, 0.05) is 0 Å². The zero-order valence-corrected chi connectivity index (χ0v) is 16.3. The van der Waals surface area contributed by atoms with Gasteiger partial charge in [-0.05, 0) is 54.4 Å². The molecule has 0 bridgehead atoms. The van der Waals surface area contributed by atoms with Crippen molar-refractivity contribution in [3.63, 3.8) is 0 Å². The smallest absolute Gasteiger partial charge is 0.240 e. The van der Waals surface area contributed by atoms with E-state index in [9.17, 15) is 18.3 Å². The van der Waals surface area contributed by atoms with Crippen molar-refractivity contribution in [1.29, 1.82) is 0 Å². The summed E-state index contributed by atoms with van der Waals surface area (Å²) in [7, 11) is -3.67. The van der Waals surface area contributed by atoms with Gasteiger partial charge in [0.05, 0.1) is 35.1 Å². The number of rotatable bonds is 8. The number of benzene rings is 2. The molecule has 0 amide bonds. The standard InChI is InChI=1S/C20H19N3O5S/c1-14(22-23-17-5-2-4-16(12-17)20(24)25)15-7-9-19(10-8-15)29(26,27)21-13-18-6-3-11-28-18/h2-12,21,23H,13H2,1H3,(H,24,25)/p-1/b22-14-. The fraction of sp³-hybridized carbons (Fsp3) is 0.100. The molecular weight excluding hydrogens is 394 g/mol. The Morgan fingerprint density at radius 1 is 1.07 bits per heavy atom. The van der Waals surface area contributed by atoms with Crippen LogP contribution in [-0.2, 0) is 16.6 Å². The molecule has 150 valence electrons. The zero-order chi connectivity index (χ0) is 20.9. The number of aromatic carboxylic acids is 1. The second-order valence-corrected chi connectivity index (χ2v) is 7.87. The molecule has 1 aromatic heterocycles. The van der Waals surface area contributed by atoms with Crippen LogP contribution in [0, 0.1) is 0 Å². The molecule has 8 nitrogen and oxygen atoms in total. The molecule has 2 N–H and O–H groups in total. The number of hydrogen-bond donors (Lipinski definition) is 2. The number of hydrogen-bond acceptors (Lipinski definition) is 7. The third-order valence-electron chi connectivity index (χ3n) is 4.05. The molecule has 0 saturated heterocycles. The van der Waals surface area contributed by atoms with Gasteiger partial charge in [-0.15, -0.1) is 0 Å². The molecule has 0 fully saturated rings. The molecule has 1 heterocycles. The van der Waals surface area contributed by atoms with Crippen molar-refractivity contribution in [3.8, 4) is 0 Å². The molecule has 2 aromatic carbocycles. The minimum Gasteiger partial charge on any atom is -0.545 e. The minimum absolute atomic E-state index is 0.0412. The molecule has 0 unspecified atom stereocenters. The highest BCUT2D eigenvalue weighted by atomic mass is 32.2. The van der Waals surface area contributed by atoms with Gasteiger partial charge in [-0.25, -0.2) is 13.1 Å². The Bertz CT molecular complexity index is 1120. The van der Waals surface area contributed by atoms with Crippen LogP contribution in [0.3, 0.4) is 0 Å². The predicted octanol–water partition coefficient (Wildman–Crippen LogP) is 1.96. The van der Waals surface area contributed by atoms with Crippen molar-refractivity contribution in [3.05, 3.63) is 83.8 Å². The lowest BCUT2D eigenvalue weighted by Crippen LogP contribution is -2.23. The summed E-state index contributed by atoms with van der Waals surface area (Å²) < 4.78 is 32.3. The van der Waals surface area contributed by atoms with Crippen molar-refractivity contribution in [2.24, 2.45) is 5.10 Å². The first-order chi connectivity index (χ1) is 13.8. The van der Waals surface area contributed by atoms with Gasteiger partial charge in [0.15, 0.2) is 0 Å². The summed E-state index contributed by atoms with van der Waals surface area (Å²) in [6.45, 7) is 1.81. The molecule has 0 aliphatic rings. The largest absolute Gasteiger partial charge is 0.545 e. The Kier molecular flexibility index (Phi) is 6.10. The molecule has 3 aromatic rings. The topological polar surface area (TPSA) is 124 Å². The van der Waals surface area contributed by atoms with E-state index >= 15 is 0 Å². The SMILES string of the molecule is C/C(=N/Nc1cccc(C(=O)[O-])c1)c1ccc(S(=O)(=O)NCc2ccco2)cc1. The summed E-state index contributed by atoms with van der Waals surface area (Å²) in [5.74, 6) is -0.756. The van der Waals surface area contributed by atoms with Crippen LogP contribution in [-0.4, -0.2) is 20.1 Å². The molecule has 0 radical (unpaired) electrons. The maximum atomic E-state index is 12.4. The second kappa shape index (κ2) is 8.72. The van der Waals surface area contributed by atoms with Crippen LogP contribution in [0.4, 0.5) is 5.69 Å². The van der Waals surface area contributed by atoms with Crippen molar-refractivity contribution in [1.82, 2.24) is 4.72 Å². The van der Waals surface area contributed by atoms with E-state index in [-0.39, 0.29) is 17.0 Å². The van der Waals surface area contributed by atoms with E-state index in [0.29, 0.717) is 22.7 Å². The minimum atomic E-state index is -3.67. The van der Waals surface area contributed by atoms with Gasteiger partial charge in [0.25, 0.3) is 0 Å². The lowest BCUT2D eigenvalue weighted by atomic mass is 10.1. The number of anilines is 1. The number of sulfonamides is 1. The van der Waals surface area contributed by atoms with Gasteiger partial charge in [-0.1, -0.05) is 24.3 Å². The summed E-state index contributed by atoms with van der Waals surface area (Å²) in [6, 6.07) is 15.7. The van der Waals surface area contributed by atoms with Crippen molar-refractivity contribution < 1.29 is 22.7 Å². The highest BCUT2D eigenvalue weighted by Gasteiger charge is 2.14. The van der Waals surface area contributed by atoms with Crippen molar-refractivity contribution in [2.75, 3.05) is 5.43 Å². The van der Waals surface area contributed by atoms with Crippen LogP contribution in [0.1, 0.15) is 28.6 Å². The molecular formula is C20H18N3O5S-. The molecule has 0 aliphatic heterocycles. The summed E-state index contributed by atoms with van der Waals surface area (Å²) in [4.78, 5) is 11.0. The maximum absolute atomic E-state index is 12.4. The third kappa shape index (κ3) is 5.31. The fourth-order valence-electron chi connectivity index (χ4n) is 2.47. The lowest BCUT2D eigenvalue weighted by molar-refractivity contribution is -0.255. The van der Waals surface area contributed by atoms with Crippen molar-refractivity contribution >= 4 is 27.4 Å². The lowest BCUT2D eigenvalue weighted by Gasteiger charge is -2.08. The number of carbonyl (C=O) groups excluding carboxylic acids is 1. The Labute approximate surface area is 167 Å². The summed E-state index contributed by atoms with van der Waals surface area (Å²) in [5.41, 5.74) is 4.61. The third-order valence-corrected chi connectivity index (χ3v) is 5.47. The second-order valence-electron chi connectivity index (χ2n) is 6.11. The van der Waals surface area contributed by atoms with Crippen LogP contribution in [0.15, 0.2) is 81.3 Å². The molecule has 0 spiro atoms. The van der Waals surface area contributed by atoms with E-state index in [0.717, 1.165) is 0 Å². The van der Waals surface area contributed by atoms with Crippen LogP contribution in [0.2, 0.25) is 0 Å². The quantitative estimate of drug-likeness (QED) is 0.431. The van der Waals surface area contributed by atoms with Gasteiger partial charge >= 0.3 is 0 Å². The monoisotopic (exact) mass is 412 g/mol. The Balaban J connectivity index is 1.67. The van der Waals surface area contributed by atoms with Gasteiger partial charge in [-0.2, -0.15) is 5.10 Å². The molecule has 0 aliphatic carbocycles. The van der Waals surface area contributed by atoms with Crippen LogP contribution in [0.25, 0.3) is 0 Å². The Morgan fingerprint density at radius 3 is 2.48 bits per heavy atom. The number of carboxylic acids is 1. The Hall–Kier alpha value is -3.43. The predicted molar refractivity (Wildman–Crippen MR) is 106 cm³/mol. The molecule has 0 saturated carbocycles. The summed E-state index contributed by atoms with van der Waals surface area (Å²) in [5, 5.41) is 15.1. The number of carboxylic acid groups (broad SMARTS) is 1. The number of nitrogens with zero attached hydrogens (tertiary/aromatic N) is 1. The normalized spacial score (nSPS) is 12.0. The first-order valence-corrected chi connectivity index (χ1v) is 10.1. The van der Waals surface area contributed by atoms with Crippen molar-refractivity contribution in [2.45, 2.75) is 18.4 Å². The van der Waals surface area contributed by atoms with Gasteiger partial charge in [-0.3, -0.25) is 5.43 Å². The summed E-state index contributed by atoms with van der Waals surface area (Å²) in [6.07, 6.45) is 1.48. The fourth-order valence-corrected chi connectivity index (χ4v) is 3.46. The van der Waals surface area contributed by atoms with E-state index in [4.69, 9.17) is 4.42 Å². The van der Waals surface area contributed by atoms with Gasteiger partial charge in [0.2, 0.25) is 10.0 Å². The van der Waals surface area contributed by atoms with E-state index in [1.807, 2.05) is 0 Å². The average molecular weight is 412 g/mol. The van der Waals surface area contributed by atoms with E-state index in [1.165, 1.54) is 30.5 Å².